The molecule has 1 aliphatic heterocycles. The largest absolute Gasteiger partial charge is 0.496 e. The van der Waals surface area contributed by atoms with Crippen molar-refractivity contribution in [1.29, 1.82) is 0 Å². The van der Waals surface area contributed by atoms with Gasteiger partial charge in [-0.2, -0.15) is 0 Å². The number of amides is 1. The van der Waals surface area contributed by atoms with E-state index in [1.165, 1.54) is 11.1 Å². The summed E-state index contributed by atoms with van der Waals surface area (Å²) in [5.41, 5.74) is 1.97. The summed E-state index contributed by atoms with van der Waals surface area (Å²) >= 11 is 0. The van der Waals surface area contributed by atoms with Crippen LogP contribution >= 0.6 is 24.0 Å². The van der Waals surface area contributed by atoms with Crippen LogP contribution in [-0.2, 0) is 11.2 Å². The second-order valence-corrected chi connectivity index (χ2v) is 8.86. The van der Waals surface area contributed by atoms with Crippen LogP contribution in [0.1, 0.15) is 44.7 Å². The summed E-state index contributed by atoms with van der Waals surface area (Å²) in [4.78, 5) is 18.3. The number of piperidine rings is 1. The van der Waals surface area contributed by atoms with E-state index < -0.39 is 5.60 Å². The Kier molecular flexibility index (Phi) is 11.4. The highest BCUT2D eigenvalue weighted by Gasteiger charge is 2.26. The molecule has 1 amide bonds. The third-order valence-corrected chi connectivity index (χ3v) is 5.17. The van der Waals surface area contributed by atoms with E-state index in [1.807, 2.05) is 31.7 Å². The zero-order valence-electron chi connectivity index (χ0n) is 19.8. The van der Waals surface area contributed by atoms with Crippen LogP contribution in [0, 0.1) is 12.8 Å². The van der Waals surface area contributed by atoms with E-state index in [-0.39, 0.29) is 30.1 Å². The number of aliphatic imine (C=N–C) groups is 1. The summed E-state index contributed by atoms with van der Waals surface area (Å²) in [6.07, 6.45) is 2.57. The van der Waals surface area contributed by atoms with Crippen molar-refractivity contribution >= 4 is 36.0 Å². The monoisotopic (exact) mass is 546 g/mol. The lowest BCUT2D eigenvalue weighted by Crippen LogP contribution is -2.45. The Morgan fingerprint density at radius 2 is 1.90 bits per heavy atom. The van der Waals surface area contributed by atoms with Gasteiger partial charge in [-0.05, 0) is 64.5 Å². The molecule has 2 rings (SSSR count). The molecular formula is C23H39IN4O3. The molecule has 1 heterocycles. The first-order valence-electron chi connectivity index (χ1n) is 10.8. The summed E-state index contributed by atoms with van der Waals surface area (Å²) in [7, 11) is 3.49. The summed E-state index contributed by atoms with van der Waals surface area (Å²) in [6, 6.07) is 6.24. The van der Waals surface area contributed by atoms with Gasteiger partial charge in [0.1, 0.15) is 11.4 Å². The highest BCUT2D eigenvalue weighted by molar-refractivity contribution is 14.0. The summed E-state index contributed by atoms with van der Waals surface area (Å²) in [5.74, 6) is 2.23. The molecule has 0 bridgehead atoms. The second-order valence-electron chi connectivity index (χ2n) is 8.86. The fourth-order valence-electron chi connectivity index (χ4n) is 3.53. The number of aryl methyl sites for hydroxylation is 1. The van der Waals surface area contributed by atoms with Gasteiger partial charge in [0.2, 0.25) is 0 Å². The number of ether oxygens (including phenoxy) is 2. The predicted molar refractivity (Wildman–Crippen MR) is 137 cm³/mol. The topological polar surface area (TPSA) is 75.2 Å². The Morgan fingerprint density at radius 1 is 1.23 bits per heavy atom. The molecule has 2 N–H and O–H groups in total. The maximum absolute atomic E-state index is 12.2. The maximum Gasteiger partial charge on any atom is 0.410 e. The van der Waals surface area contributed by atoms with E-state index in [9.17, 15) is 4.79 Å². The first-order chi connectivity index (χ1) is 14.2. The number of carbonyl (C=O) groups excluding carboxylic acids is 1. The van der Waals surface area contributed by atoms with Gasteiger partial charge in [0.05, 0.1) is 7.11 Å². The molecule has 0 aliphatic carbocycles. The van der Waals surface area contributed by atoms with Crippen LogP contribution in [0.3, 0.4) is 0 Å². The Hall–Kier alpha value is -1.71. The number of nitrogens with zero attached hydrogens (tertiary/aromatic N) is 2. The molecule has 1 aliphatic rings. The zero-order chi connectivity index (χ0) is 22.1. The fraction of sp³-hybridized carbons (Fsp3) is 0.652. The van der Waals surface area contributed by atoms with E-state index in [1.54, 1.807) is 14.2 Å². The van der Waals surface area contributed by atoms with Gasteiger partial charge in [-0.25, -0.2) is 4.79 Å². The van der Waals surface area contributed by atoms with Gasteiger partial charge in [-0.1, -0.05) is 17.7 Å². The highest BCUT2D eigenvalue weighted by Crippen LogP contribution is 2.20. The molecule has 0 aromatic heterocycles. The molecule has 0 saturated carbocycles. The molecule has 0 radical (unpaired) electrons. The fourth-order valence-corrected chi connectivity index (χ4v) is 3.53. The van der Waals surface area contributed by atoms with Crippen molar-refractivity contribution in [2.24, 2.45) is 10.9 Å². The Balaban J connectivity index is 0.00000480. The number of carbonyl (C=O) groups is 1. The lowest BCUT2D eigenvalue weighted by molar-refractivity contribution is 0.0185. The molecule has 1 aromatic rings. The number of likely N-dealkylation sites (tertiary alicyclic amines) is 1. The third kappa shape index (κ3) is 9.53. The van der Waals surface area contributed by atoms with Crippen LogP contribution in [0.4, 0.5) is 4.79 Å². The SMILES string of the molecule is CN=C(NCCc1cc(C)ccc1OC)NCC1CCN(C(=O)OC(C)(C)C)CC1.I. The van der Waals surface area contributed by atoms with Crippen LogP contribution in [0.2, 0.25) is 0 Å². The molecular weight excluding hydrogens is 507 g/mol. The van der Waals surface area contributed by atoms with E-state index in [0.717, 1.165) is 57.2 Å². The average molecular weight is 546 g/mol. The molecule has 0 atom stereocenters. The number of guanidine groups is 1. The molecule has 0 spiro atoms. The van der Waals surface area contributed by atoms with Crippen LogP contribution < -0.4 is 15.4 Å². The number of benzene rings is 1. The molecule has 7 nitrogen and oxygen atoms in total. The Bertz CT molecular complexity index is 726. The van der Waals surface area contributed by atoms with Crippen molar-refractivity contribution in [3.63, 3.8) is 0 Å². The normalized spacial score (nSPS) is 15.2. The van der Waals surface area contributed by atoms with Crippen molar-refractivity contribution in [2.45, 2.75) is 52.6 Å². The first kappa shape index (κ1) is 27.3. The predicted octanol–water partition coefficient (Wildman–Crippen LogP) is 3.98. The number of methoxy groups -OCH3 is 1. The summed E-state index contributed by atoms with van der Waals surface area (Å²) < 4.78 is 10.9. The molecule has 1 saturated heterocycles. The lowest BCUT2D eigenvalue weighted by atomic mass is 9.97. The number of nitrogens with one attached hydrogen (secondary N) is 2. The number of hydrogen-bond acceptors (Lipinski definition) is 4. The number of halogens is 1. The first-order valence-corrected chi connectivity index (χ1v) is 10.8. The van der Waals surface area contributed by atoms with E-state index >= 15 is 0 Å². The van der Waals surface area contributed by atoms with E-state index in [4.69, 9.17) is 9.47 Å². The molecule has 8 heteroatoms. The van der Waals surface area contributed by atoms with Gasteiger partial charge in [0.25, 0.3) is 0 Å². The quantitative estimate of drug-likeness (QED) is 0.321. The van der Waals surface area contributed by atoms with Crippen molar-refractivity contribution < 1.29 is 14.3 Å². The van der Waals surface area contributed by atoms with Gasteiger partial charge in [-0.15, -0.1) is 24.0 Å². The van der Waals surface area contributed by atoms with E-state index in [0.29, 0.717) is 5.92 Å². The standard InChI is InChI=1S/C23H38N4O3.HI/c1-17-7-8-20(29-6)19(15-17)9-12-25-21(24-5)26-16-18-10-13-27(14-11-18)22(28)30-23(2,3)4;/h7-8,15,18H,9-14,16H2,1-6H3,(H2,24,25,26);1H. The van der Waals surface area contributed by atoms with Crippen LogP contribution in [-0.4, -0.2) is 62.9 Å². The second kappa shape index (κ2) is 13.0. The maximum atomic E-state index is 12.2. The molecule has 1 fully saturated rings. The van der Waals surface area contributed by atoms with Gasteiger partial charge >= 0.3 is 6.09 Å². The molecule has 0 unspecified atom stereocenters. The number of rotatable bonds is 6. The minimum atomic E-state index is -0.448. The van der Waals surface area contributed by atoms with Gasteiger partial charge < -0.3 is 25.0 Å². The highest BCUT2D eigenvalue weighted by atomic mass is 127. The Labute approximate surface area is 204 Å². The van der Waals surface area contributed by atoms with Crippen molar-refractivity contribution in [1.82, 2.24) is 15.5 Å². The van der Waals surface area contributed by atoms with Crippen molar-refractivity contribution in [3.05, 3.63) is 29.3 Å². The van der Waals surface area contributed by atoms with Gasteiger partial charge in [0, 0.05) is 33.2 Å². The molecule has 1 aromatic carbocycles. The Morgan fingerprint density at radius 3 is 2.48 bits per heavy atom. The summed E-state index contributed by atoms with van der Waals surface area (Å²) in [5, 5.41) is 6.80. The smallest absolute Gasteiger partial charge is 0.410 e. The molecule has 31 heavy (non-hydrogen) atoms. The minimum Gasteiger partial charge on any atom is -0.496 e. The van der Waals surface area contributed by atoms with E-state index in [2.05, 4.69) is 34.7 Å². The summed E-state index contributed by atoms with van der Waals surface area (Å²) in [6.45, 7) is 10.9. The third-order valence-electron chi connectivity index (χ3n) is 5.17. The average Bonchev–Trinajstić information content (AvgIpc) is 2.69. The van der Waals surface area contributed by atoms with Crippen molar-refractivity contribution in [3.8, 4) is 5.75 Å². The molecule has 176 valence electrons. The number of hydrogen-bond donors (Lipinski definition) is 2. The van der Waals surface area contributed by atoms with Crippen molar-refractivity contribution in [2.75, 3.05) is 40.3 Å². The van der Waals surface area contributed by atoms with Gasteiger partial charge in [-0.3, -0.25) is 4.99 Å². The minimum absolute atomic E-state index is 0. The lowest BCUT2D eigenvalue weighted by Gasteiger charge is -2.33. The zero-order valence-corrected chi connectivity index (χ0v) is 22.1. The van der Waals surface area contributed by atoms with Crippen LogP contribution in [0.15, 0.2) is 23.2 Å². The van der Waals surface area contributed by atoms with Crippen LogP contribution in [0.25, 0.3) is 0 Å². The van der Waals surface area contributed by atoms with Gasteiger partial charge in [0.15, 0.2) is 5.96 Å². The van der Waals surface area contributed by atoms with Crippen LogP contribution in [0.5, 0.6) is 5.75 Å².